The predicted octanol–water partition coefficient (Wildman–Crippen LogP) is 5.18. The molecule has 0 aliphatic heterocycles. The smallest absolute Gasteiger partial charge is 0.130 e. The molecule has 0 saturated carbocycles. The van der Waals surface area contributed by atoms with Gasteiger partial charge in [0.15, 0.2) is 0 Å². The number of nitrogens with one attached hydrogen (secondary N) is 1. The molecule has 0 amide bonds. The van der Waals surface area contributed by atoms with Crippen LogP contribution in [0.25, 0.3) is 22.4 Å². The number of methoxy groups -OCH3 is 1. The molecule has 4 aromatic rings. The maximum absolute atomic E-state index is 5.25. The SMILES string of the molecule is COc1ccc(-c2cncc(-c3cc(NCCc4ccccc4)nc(C)n3)c2)cc1. The van der Waals surface area contributed by atoms with Gasteiger partial charge in [0, 0.05) is 36.1 Å². The Balaban J connectivity index is 1.53. The Morgan fingerprint density at radius 1 is 0.833 bits per heavy atom. The molecule has 0 unspecified atom stereocenters. The van der Waals surface area contributed by atoms with Gasteiger partial charge in [-0.25, -0.2) is 9.97 Å². The summed E-state index contributed by atoms with van der Waals surface area (Å²) in [6.45, 7) is 2.72. The van der Waals surface area contributed by atoms with Gasteiger partial charge < -0.3 is 10.1 Å². The Morgan fingerprint density at radius 3 is 2.37 bits per heavy atom. The molecule has 5 heteroatoms. The van der Waals surface area contributed by atoms with Crippen molar-refractivity contribution in [3.05, 3.63) is 90.5 Å². The summed E-state index contributed by atoms with van der Waals surface area (Å²) < 4.78 is 5.25. The Kier molecular flexibility index (Phi) is 5.99. The summed E-state index contributed by atoms with van der Waals surface area (Å²) in [6, 6.07) is 22.5. The molecule has 2 aromatic carbocycles. The highest BCUT2D eigenvalue weighted by Gasteiger charge is 2.07. The first kappa shape index (κ1) is 19.6. The van der Waals surface area contributed by atoms with Crippen LogP contribution in [-0.2, 0) is 6.42 Å². The second-order valence-electron chi connectivity index (χ2n) is 7.04. The lowest BCUT2D eigenvalue weighted by Crippen LogP contribution is -2.07. The molecule has 0 aliphatic rings. The molecule has 5 nitrogen and oxygen atoms in total. The minimum Gasteiger partial charge on any atom is -0.497 e. The van der Waals surface area contributed by atoms with Gasteiger partial charge in [-0.05, 0) is 42.7 Å². The molecule has 0 aliphatic carbocycles. The van der Waals surface area contributed by atoms with Crippen molar-refractivity contribution in [2.75, 3.05) is 19.0 Å². The van der Waals surface area contributed by atoms with Gasteiger partial charge in [-0.3, -0.25) is 4.98 Å². The monoisotopic (exact) mass is 396 g/mol. The zero-order chi connectivity index (χ0) is 20.8. The first-order valence-corrected chi connectivity index (χ1v) is 9.94. The van der Waals surface area contributed by atoms with Gasteiger partial charge in [0.05, 0.1) is 12.8 Å². The lowest BCUT2D eigenvalue weighted by Gasteiger charge is -2.10. The van der Waals surface area contributed by atoms with Crippen LogP contribution in [0, 0.1) is 6.92 Å². The van der Waals surface area contributed by atoms with Crippen molar-refractivity contribution in [1.29, 1.82) is 0 Å². The van der Waals surface area contributed by atoms with E-state index < -0.39 is 0 Å². The van der Waals surface area contributed by atoms with E-state index in [9.17, 15) is 0 Å². The van der Waals surface area contributed by atoms with Crippen molar-refractivity contribution in [3.63, 3.8) is 0 Å². The molecular weight excluding hydrogens is 372 g/mol. The van der Waals surface area contributed by atoms with Gasteiger partial charge >= 0.3 is 0 Å². The molecule has 4 rings (SSSR count). The van der Waals surface area contributed by atoms with Gasteiger partial charge in [0.25, 0.3) is 0 Å². The molecule has 0 saturated heterocycles. The molecule has 150 valence electrons. The standard InChI is InChI=1S/C25H24N4O/c1-18-28-24(15-25(29-18)27-13-12-19-6-4-3-5-7-19)22-14-21(16-26-17-22)20-8-10-23(30-2)11-9-20/h3-11,14-17H,12-13H2,1-2H3,(H,27,28,29). The van der Waals surface area contributed by atoms with Crippen LogP contribution in [0.15, 0.2) is 79.1 Å². The Labute approximate surface area is 176 Å². The first-order chi connectivity index (χ1) is 14.7. The topological polar surface area (TPSA) is 59.9 Å². The zero-order valence-corrected chi connectivity index (χ0v) is 17.2. The maximum atomic E-state index is 5.25. The van der Waals surface area contributed by atoms with Crippen LogP contribution in [0.4, 0.5) is 5.82 Å². The third-order valence-electron chi connectivity index (χ3n) is 4.86. The van der Waals surface area contributed by atoms with Gasteiger partial charge in [0.2, 0.25) is 0 Å². The van der Waals surface area contributed by atoms with Crippen molar-refractivity contribution in [3.8, 4) is 28.1 Å². The molecule has 0 fully saturated rings. The van der Waals surface area contributed by atoms with Crippen molar-refractivity contribution in [2.24, 2.45) is 0 Å². The van der Waals surface area contributed by atoms with E-state index in [1.54, 1.807) is 7.11 Å². The lowest BCUT2D eigenvalue weighted by molar-refractivity contribution is 0.415. The fourth-order valence-electron chi connectivity index (χ4n) is 3.31. The van der Waals surface area contributed by atoms with E-state index in [0.717, 1.165) is 52.7 Å². The van der Waals surface area contributed by atoms with E-state index >= 15 is 0 Å². The maximum Gasteiger partial charge on any atom is 0.130 e. The van der Waals surface area contributed by atoms with Crippen LogP contribution in [0.5, 0.6) is 5.75 Å². The number of anilines is 1. The molecule has 0 radical (unpaired) electrons. The third kappa shape index (κ3) is 4.81. The predicted molar refractivity (Wildman–Crippen MR) is 121 cm³/mol. The average Bonchev–Trinajstić information content (AvgIpc) is 2.80. The summed E-state index contributed by atoms with van der Waals surface area (Å²) in [7, 11) is 1.67. The molecular formula is C25H24N4O. The minimum atomic E-state index is 0.726. The second kappa shape index (κ2) is 9.18. The van der Waals surface area contributed by atoms with Crippen LogP contribution >= 0.6 is 0 Å². The van der Waals surface area contributed by atoms with Crippen LogP contribution in [0.2, 0.25) is 0 Å². The number of aryl methyl sites for hydroxylation is 1. The highest BCUT2D eigenvalue weighted by Crippen LogP contribution is 2.26. The third-order valence-corrected chi connectivity index (χ3v) is 4.86. The van der Waals surface area contributed by atoms with Gasteiger partial charge in [0.1, 0.15) is 17.4 Å². The summed E-state index contributed by atoms with van der Waals surface area (Å²) in [6.07, 6.45) is 4.63. The van der Waals surface area contributed by atoms with Crippen LogP contribution < -0.4 is 10.1 Å². The molecule has 2 aromatic heterocycles. The summed E-state index contributed by atoms with van der Waals surface area (Å²) in [4.78, 5) is 13.6. The van der Waals surface area contributed by atoms with Gasteiger partial charge in [-0.1, -0.05) is 42.5 Å². The molecule has 0 spiro atoms. The number of benzene rings is 2. The lowest BCUT2D eigenvalue weighted by atomic mass is 10.0. The van der Waals surface area contributed by atoms with Crippen LogP contribution in [0.1, 0.15) is 11.4 Å². The van der Waals surface area contributed by atoms with Crippen molar-refractivity contribution in [2.45, 2.75) is 13.3 Å². The van der Waals surface area contributed by atoms with Crippen LogP contribution in [0.3, 0.4) is 0 Å². The normalized spacial score (nSPS) is 10.6. The van der Waals surface area contributed by atoms with Gasteiger partial charge in [-0.15, -0.1) is 0 Å². The van der Waals surface area contributed by atoms with E-state index in [2.05, 4.69) is 50.6 Å². The fourth-order valence-corrected chi connectivity index (χ4v) is 3.31. The van der Waals surface area contributed by atoms with E-state index in [4.69, 9.17) is 4.74 Å². The van der Waals surface area contributed by atoms with Crippen LogP contribution in [-0.4, -0.2) is 28.6 Å². The number of pyridine rings is 1. The number of aromatic nitrogens is 3. The Hall–Kier alpha value is -3.73. The highest BCUT2D eigenvalue weighted by molar-refractivity contribution is 5.71. The summed E-state index contributed by atoms with van der Waals surface area (Å²) in [5.41, 5.74) is 5.22. The van der Waals surface area contributed by atoms with E-state index in [0.29, 0.717) is 0 Å². The van der Waals surface area contributed by atoms with E-state index in [1.165, 1.54) is 5.56 Å². The molecule has 0 bridgehead atoms. The summed E-state index contributed by atoms with van der Waals surface area (Å²) in [5, 5.41) is 3.42. The second-order valence-corrected chi connectivity index (χ2v) is 7.04. The quantitative estimate of drug-likeness (QED) is 0.467. The molecule has 1 N–H and O–H groups in total. The fraction of sp³-hybridized carbons (Fsp3) is 0.160. The molecule has 2 heterocycles. The largest absolute Gasteiger partial charge is 0.497 e. The summed E-state index contributed by atoms with van der Waals surface area (Å²) in [5.74, 6) is 2.38. The number of hydrogen-bond donors (Lipinski definition) is 1. The number of hydrogen-bond acceptors (Lipinski definition) is 5. The van der Waals surface area contributed by atoms with Crippen molar-refractivity contribution in [1.82, 2.24) is 15.0 Å². The van der Waals surface area contributed by atoms with E-state index in [1.807, 2.05) is 55.7 Å². The van der Waals surface area contributed by atoms with Crippen molar-refractivity contribution >= 4 is 5.82 Å². The van der Waals surface area contributed by atoms with Crippen molar-refractivity contribution < 1.29 is 4.74 Å². The molecule has 30 heavy (non-hydrogen) atoms. The zero-order valence-electron chi connectivity index (χ0n) is 17.2. The Morgan fingerprint density at radius 2 is 1.60 bits per heavy atom. The number of nitrogens with zero attached hydrogens (tertiary/aromatic N) is 3. The van der Waals surface area contributed by atoms with E-state index in [-0.39, 0.29) is 0 Å². The van der Waals surface area contributed by atoms with Gasteiger partial charge in [-0.2, -0.15) is 0 Å². The Bertz CT molecular complexity index is 1110. The number of ether oxygens (including phenoxy) is 1. The average molecular weight is 396 g/mol. The summed E-state index contributed by atoms with van der Waals surface area (Å²) >= 11 is 0. The highest BCUT2D eigenvalue weighted by atomic mass is 16.5. The minimum absolute atomic E-state index is 0.726. The molecule has 0 atom stereocenters. The first-order valence-electron chi connectivity index (χ1n) is 9.94. The number of rotatable bonds is 7.